The first-order chi connectivity index (χ1) is 8.21. The Morgan fingerprint density at radius 1 is 1.59 bits per heavy atom. The van der Waals surface area contributed by atoms with Gasteiger partial charge in [-0.1, -0.05) is 13.3 Å². The first-order valence-electron chi connectivity index (χ1n) is 6.06. The molecule has 1 aliphatic carbocycles. The predicted octanol–water partition coefficient (Wildman–Crippen LogP) is 1.77. The van der Waals surface area contributed by atoms with Gasteiger partial charge in [-0.15, -0.1) is 0 Å². The van der Waals surface area contributed by atoms with Crippen molar-refractivity contribution in [2.24, 2.45) is 5.41 Å². The van der Waals surface area contributed by atoms with Gasteiger partial charge in [0.05, 0.1) is 13.4 Å². The number of nitrogens with zero attached hydrogens (tertiary/aromatic N) is 1. The van der Waals surface area contributed by atoms with E-state index in [1.54, 1.807) is 0 Å². The second-order valence-corrected chi connectivity index (χ2v) is 4.67. The van der Waals surface area contributed by atoms with E-state index in [1.165, 1.54) is 32.7 Å². The van der Waals surface area contributed by atoms with E-state index in [-0.39, 0.29) is 11.3 Å². The molecule has 94 valence electrons. The SMILES string of the molecule is CCC1(CNc2nc[nH]c(=O)c2OC)CCC1. The number of anilines is 1. The van der Waals surface area contributed by atoms with E-state index in [2.05, 4.69) is 22.2 Å². The fourth-order valence-electron chi connectivity index (χ4n) is 2.31. The van der Waals surface area contributed by atoms with E-state index in [0.29, 0.717) is 11.2 Å². The molecule has 0 aromatic carbocycles. The molecule has 5 heteroatoms. The van der Waals surface area contributed by atoms with Crippen LogP contribution in [0.25, 0.3) is 0 Å². The molecule has 0 radical (unpaired) electrons. The summed E-state index contributed by atoms with van der Waals surface area (Å²) in [7, 11) is 1.48. The molecule has 0 atom stereocenters. The minimum atomic E-state index is -0.246. The van der Waals surface area contributed by atoms with Gasteiger partial charge in [-0.25, -0.2) is 4.98 Å². The smallest absolute Gasteiger partial charge is 0.295 e. The second-order valence-electron chi connectivity index (χ2n) is 4.67. The van der Waals surface area contributed by atoms with Crippen LogP contribution in [0.1, 0.15) is 32.6 Å². The monoisotopic (exact) mass is 237 g/mol. The molecule has 2 N–H and O–H groups in total. The summed E-state index contributed by atoms with van der Waals surface area (Å²) in [5, 5.41) is 3.24. The van der Waals surface area contributed by atoms with Gasteiger partial charge in [0.1, 0.15) is 0 Å². The van der Waals surface area contributed by atoms with Crippen LogP contribution in [0.2, 0.25) is 0 Å². The number of hydrogen-bond donors (Lipinski definition) is 2. The molecule has 1 saturated carbocycles. The molecule has 0 spiro atoms. The van der Waals surface area contributed by atoms with Crippen LogP contribution < -0.4 is 15.6 Å². The number of aromatic nitrogens is 2. The van der Waals surface area contributed by atoms with Gasteiger partial charge in [-0.05, 0) is 24.7 Å². The Labute approximate surface area is 101 Å². The van der Waals surface area contributed by atoms with Crippen LogP contribution in [-0.2, 0) is 0 Å². The third-order valence-electron chi connectivity index (χ3n) is 3.81. The zero-order chi connectivity index (χ0) is 12.3. The Balaban J connectivity index is 2.08. The molecule has 1 fully saturated rings. The molecular weight excluding hydrogens is 218 g/mol. The van der Waals surface area contributed by atoms with Crippen LogP contribution in [0.3, 0.4) is 0 Å². The molecule has 0 amide bonds. The highest BCUT2D eigenvalue weighted by Gasteiger charge is 2.35. The molecule has 1 aliphatic rings. The fourth-order valence-corrected chi connectivity index (χ4v) is 2.31. The van der Waals surface area contributed by atoms with Crippen molar-refractivity contribution in [3.63, 3.8) is 0 Å². The van der Waals surface area contributed by atoms with Crippen LogP contribution in [-0.4, -0.2) is 23.6 Å². The molecule has 1 heterocycles. The molecule has 0 bridgehead atoms. The second kappa shape index (κ2) is 4.77. The Kier molecular flexibility index (Phi) is 3.36. The van der Waals surface area contributed by atoms with E-state index >= 15 is 0 Å². The van der Waals surface area contributed by atoms with Gasteiger partial charge in [0.25, 0.3) is 5.56 Å². The molecule has 1 aromatic heterocycles. The number of rotatable bonds is 5. The van der Waals surface area contributed by atoms with E-state index in [1.807, 2.05) is 0 Å². The van der Waals surface area contributed by atoms with Crippen molar-refractivity contribution in [1.29, 1.82) is 0 Å². The van der Waals surface area contributed by atoms with Gasteiger partial charge in [0.2, 0.25) is 5.75 Å². The van der Waals surface area contributed by atoms with Crippen molar-refractivity contribution in [1.82, 2.24) is 9.97 Å². The molecule has 17 heavy (non-hydrogen) atoms. The average molecular weight is 237 g/mol. The normalized spacial score (nSPS) is 17.3. The maximum atomic E-state index is 11.5. The molecular formula is C12H19N3O2. The third-order valence-corrected chi connectivity index (χ3v) is 3.81. The third kappa shape index (κ3) is 2.28. The number of aromatic amines is 1. The summed E-state index contributed by atoms with van der Waals surface area (Å²) in [5.41, 5.74) is 0.138. The van der Waals surface area contributed by atoms with Crippen LogP contribution in [0.15, 0.2) is 11.1 Å². The zero-order valence-corrected chi connectivity index (χ0v) is 10.4. The van der Waals surface area contributed by atoms with Gasteiger partial charge in [-0.2, -0.15) is 0 Å². The van der Waals surface area contributed by atoms with Gasteiger partial charge in [0, 0.05) is 6.54 Å². The van der Waals surface area contributed by atoms with Crippen molar-refractivity contribution >= 4 is 5.82 Å². The summed E-state index contributed by atoms with van der Waals surface area (Å²) < 4.78 is 5.06. The molecule has 0 unspecified atom stereocenters. The summed E-state index contributed by atoms with van der Waals surface area (Å²) in [5.74, 6) is 0.800. The van der Waals surface area contributed by atoms with Crippen LogP contribution in [0, 0.1) is 5.41 Å². The minimum Gasteiger partial charge on any atom is -0.489 e. The Morgan fingerprint density at radius 2 is 2.35 bits per heavy atom. The first-order valence-corrected chi connectivity index (χ1v) is 6.06. The van der Waals surface area contributed by atoms with Crippen molar-refractivity contribution in [3.05, 3.63) is 16.7 Å². The highest BCUT2D eigenvalue weighted by molar-refractivity contribution is 5.48. The highest BCUT2D eigenvalue weighted by Crippen LogP contribution is 2.43. The summed E-state index contributed by atoms with van der Waals surface area (Å²) in [6, 6.07) is 0. The Bertz CT molecular complexity index is 432. The van der Waals surface area contributed by atoms with Crippen molar-refractivity contribution in [3.8, 4) is 5.75 Å². The standard InChI is InChI=1S/C12H19N3O2/c1-3-12(5-4-6-12)7-13-10-9(17-2)11(16)15-8-14-10/h8H,3-7H2,1-2H3,(H2,13,14,15,16). The van der Waals surface area contributed by atoms with Crippen molar-refractivity contribution in [2.75, 3.05) is 19.0 Å². The lowest BCUT2D eigenvalue weighted by Gasteiger charge is -2.41. The van der Waals surface area contributed by atoms with Crippen molar-refractivity contribution in [2.45, 2.75) is 32.6 Å². The first kappa shape index (κ1) is 12.0. The lowest BCUT2D eigenvalue weighted by molar-refractivity contribution is 0.144. The van der Waals surface area contributed by atoms with E-state index in [4.69, 9.17) is 4.74 Å². The van der Waals surface area contributed by atoms with Gasteiger partial charge >= 0.3 is 0 Å². The van der Waals surface area contributed by atoms with Crippen LogP contribution in [0.4, 0.5) is 5.82 Å². The summed E-state index contributed by atoms with van der Waals surface area (Å²) in [6.07, 6.45) is 6.36. The molecule has 1 aromatic rings. The average Bonchev–Trinajstić information content (AvgIpc) is 2.28. The lowest BCUT2D eigenvalue weighted by Crippen LogP contribution is -2.36. The highest BCUT2D eigenvalue weighted by atomic mass is 16.5. The molecule has 0 saturated heterocycles. The zero-order valence-electron chi connectivity index (χ0n) is 10.4. The number of methoxy groups -OCH3 is 1. The number of ether oxygens (including phenoxy) is 1. The Morgan fingerprint density at radius 3 is 2.88 bits per heavy atom. The molecule has 0 aliphatic heterocycles. The summed E-state index contributed by atoms with van der Waals surface area (Å²) >= 11 is 0. The van der Waals surface area contributed by atoms with Crippen LogP contribution >= 0.6 is 0 Å². The van der Waals surface area contributed by atoms with Crippen molar-refractivity contribution < 1.29 is 4.74 Å². The maximum Gasteiger partial charge on any atom is 0.295 e. The van der Waals surface area contributed by atoms with E-state index in [9.17, 15) is 4.79 Å². The largest absolute Gasteiger partial charge is 0.489 e. The van der Waals surface area contributed by atoms with Gasteiger partial charge in [-0.3, -0.25) is 4.79 Å². The summed E-state index contributed by atoms with van der Waals surface area (Å²) in [4.78, 5) is 18.1. The van der Waals surface area contributed by atoms with E-state index < -0.39 is 0 Å². The maximum absolute atomic E-state index is 11.5. The lowest BCUT2D eigenvalue weighted by atomic mass is 9.67. The fraction of sp³-hybridized carbons (Fsp3) is 0.667. The molecule has 5 nitrogen and oxygen atoms in total. The Hall–Kier alpha value is -1.52. The number of nitrogens with one attached hydrogen (secondary N) is 2. The van der Waals surface area contributed by atoms with Gasteiger partial charge < -0.3 is 15.0 Å². The number of H-pyrrole nitrogens is 1. The van der Waals surface area contributed by atoms with E-state index in [0.717, 1.165) is 13.0 Å². The number of hydrogen-bond acceptors (Lipinski definition) is 4. The quantitative estimate of drug-likeness (QED) is 0.819. The van der Waals surface area contributed by atoms with Gasteiger partial charge in [0.15, 0.2) is 5.82 Å². The summed E-state index contributed by atoms with van der Waals surface area (Å²) in [6.45, 7) is 3.07. The van der Waals surface area contributed by atoms with Crippen LogP contribution in [0.5, 0.6) is 5.75 Å². The molecule has 2 rings (SSSR count). The predicted molar refractivity (Wildman–Crippen MR) is 66.5 cm³/mol. The minimum absolute atomic E-state index is 0.246. The topological polar surface area (TPSA) is 67.0 Å².